The fourth-order valence-electron chi connectivity index (χ4n) is 2.56. The summed E-state index contributed by atoms with van der Waals surface area (Å²) >= 11 is 1.40. The van der Waals surface area contributed by atoms with Gasteiger partial charge in [0.2, 0.25) is 0 Å². The predicted molar refractivity (Wildman–Crippen MR) is 93.8 cm³/mol. The van der Waals surface area contributed by atoms with Gasteiger partial charge >= 0.3 is 6.09 Å². The van der Waals surface area contributed by atoms with Crippen molar-refractivity contribution < 1.29 is 14.3 Å². The first-order valence-corrected chi connectivity index (χ1v) is 8.90. The fraction of sp³-hybridized carbons (Fsp3) is 0.647. The molecule has 0 spiro atoms. The summed E-state index contributed by atoms with van der Waals surface area (Å²) in [4.78, 5) is 16.1. The fourth-order valence-corrected chi connectivity index (χ4v) is 3.23. The van der Waals surface area contributed by atoms with Crippen molar-refractivity contribution in [2.75, 3.05) is 12.4 Å². The highest BCUT2D eigenvalue weighted by Crippen LogP contribution is 2.27. The van der Waals surface area contributed by atoms with Gasteiger partial charge in [0.05, 0.1) is 11.8 Å². The van der Waals surface area contributed by atoms with E-state index in [0.717, 1.165) is 31.4 Å². The van der Waals surface area contributed by atoms with Crippen LogP contribution in [0.1, 0.15) is 52.1 Å². The molecule has 128 valence electrons. The Morgan fingerprint density at radius 3 is 2.65 bits per heavy atom. The van der Waals surface area contributed by atoms with Crippen LogP contribution in [0, 0.1) is 5.92 Å². The Bertz CT molecular complexity index is 540. The van der Waals surface area contributed by atoms with Crippen molar-refractivity contribution in [3.05, 3.63) is 17.2 Å². The Morgan fingerprint density at radius 1 is 1.35 bits per heavy atom. The van der Waals surface area contributed by atoms with Crippen LogP contribution in [0.2, 0.25) is 0 Å². The van der Waals surface area contributed by atoms with Crippen LogP contribution in [0.5, 0.6) is 0 Å². The Hall–Kier alpha value is -1.40. The van der Waals surface area contributed by atoms with E-state index >= 15 is 0 Å². The van der Waals surface area contributed by atoms with Crippen LogP contribution < -0.4 is 5.32 Å². The number of amides is 1. The maximum absolute atomic E-state index is 11.7. The summed E-state index contributed by atoms with van der Waals surface area (Å²) in [7, 11) is 1.79. The van der Waals surface area contributed by atoms with Crippen molar-refractivity contribution in [1.29, 1.82) is 0 Å². The number of anilines is 1. The summed E-state index contributed by atoms with van der Waals surface area (Å²) in [5, 5.41) is 5.16. The van der Waals surface area contributed by atoms with Gasteiger partial charge in [-0.25, -0.2) is 9.78 Å². The molecular weight excluding hydrogens is 312 g/mol. The summed E-state index contributed by atoms with van der Waals surface area (Å²) in [5.74, 6) is 0.588. The van der Waals surface area contributed by atoms with E-state index in [-0.39, 0.29) is 0 Å². The molecule has 1 N–H and O–H groups in total. The molecule has 1 heterocycles. The summed E-state index contributed by atoms with van der Waals surface area (Å²) < 4.78 is 10.6. The minimum Gasteiger partial charge on any atom is -0.444 e. The first-order valence-electron chi connectivity index (χ1n) is 8.02. The Morgan fingerprint density at radius 2 is 2.04 bits per heavy atom. The van der Waals surface area contributed by atoms with Crippen LogP contribution in [0.15, 0.2) is 11.5 Å². The summed E-state index contributed by atoms with van der Waals surface area (Å²) in [5.41, 5.74) is 0.361. The number of hydrogen-bond acceptors (Lipinski definition) is 5. The van der Waals surface area contributed by atoms with Crippen LogP contribution in [0.25, 0.3) is 6.08 Å². The summed E-state index contributed by atoms with van der Waals surface area (Å²) in [6.45, 7) is 5.50. The van der Waals surface area contributed by atoms with E-state index in [1.807, 2.05) is 32.2 Å². The molecule has 0 bridgehead atoms. The van der Waals surface area contributed by atoms with Gasteiger partial charge in [-0.2, -0.15) is 0 Å². The number of nitrogens with zero attached hydrogens (tertiary/aromatic N) is 1. The molecule has 1 aromatic heterocycles. The maximum Gasteiger partial charge on any atom is 0.413 e. The average Bonchev–Trinajstić information content (AvgIpc) is 2.91. The number of allylic oxidation sites excluding steroid dienone is 1. The predicted octanol–water partition coefficient (Wildman–Crippen LogP) is 4.71. The zero-order valence-electron chi connectivity index (χ0n) is 14.3. The lowest BCUT2D eigenvalue weighted by Gasteiger charge is -2.25. The van der Waals surface area contributed by atoms with Crippen molar-refractivity contribution in [3.8, 4) is 0 Å². The van der Waals surface area contributed by atoms with Crippen molar-refractivity contribution in [3.63, 3.8) is 0 Å². The molecule has 1 aliphatic carbocycles. The monoisotopic (exact) mass is 338 g/mol. The molecule has 0 saturated heterocycles. The smallest absolute Gasteiger partial charge is 0.413 e. The Labute approximate surface area is 142 Å². The van der Waals surface area contributed by atoms with Gasteiger partial charge in [-0.05, 0) is 58.4 Å². The molecular formula is C17H26N2O3S. The van der Waals surface area contributed by atoms with Crippen molar-refractivity contribution >= 4 is 28.6 Å². The second-order valence-electron chi connectivity index (χ2n) is 6.84. The van der Waals surface area contributed by atoms with Crippen LogP contribution in [0.3, 0.4) is 0 Å². The highest BCUT2D eigenvalue weighted by atomic mass is 32.1. The van der Waals surface area contributed by atoms with Gasteiger partial charge in [0, 0.05) is 12.5 Å². The van der Waals surface area contributed by atoms with E-state index in [9.17, 15) is 4.79 Å². The molecule has 0 radical (unpaired) electrons. The quantitative estimate of drug-likeness (QED) is 0.864. The number of thiazole rings is 1. The number of hydrogen-bond donors (Lipinski definition) is 1. The molecule has 1 aliphatic rings. The van der Waals surface area contributed by atoms with Gasteiger partial charge < -0.3 is 9.47 Å². The van der Waals surface area contributed by atoms with Crippen molar-refractivity contribution in [1.82, 2.24) is 4.98 Å². The SMILES string of the molecule is COC1CCC(C=Cc2csc(NC(=O)OC(C)(C)C)n2)CC1. The van der Waals surface area contributed by atoms with E-state index in [4.69, 9.17) is 9.47 Å². The molecule has 1 aromatic rings. The third-order valence-electron chi connectivity index (χ3n) is 3.72. The highest BCUT2D eigenvalue weighted by molar-refractivity contribution is 7.14. The zero-order chi connectivity index (χ0) is 16.9. The van der Waals surface area contributed by atoms with Gasteiger partial charge in [-0.15, -0.1) is 11.3 Å². The minimum absolute atomic E-state index is 0.420. The lowest BCUT2D eigenvalue weighted by Crippen LogP contribution is -2.27. The second kappa shape index (κ2) is 7.93. The molecule has 23 heavy (non-hydrogen) atoms. The topological polar surface area (TPSA) is 60.5 Å². The van der Waals surface area contributed by atoms with Crippen molar-refractivity contribution in [2.45, 2.75) is 58.2 Å². The number of aromatic nitrogens is 1. The molecule has 6 heteroatoms. The van der Waals surface area contributed by atoms with E-state index in [2.05, 4.69) is 16.4 Å². The molecule has 0 unspecified atom stereocenters. The van der Waals surface area contributed by atoms with Crippen molar-refractivity contribution in [2.24, 2.45) is 5.92 Å². The van der Waals surface area contributed by atoms with Crippen LogP contribution in [0.4, 0.5) is 9.93 Å². The van der Waals surface area contributed by atoms with E-state index < -0.39 is 11.7 Å². The first-order chi connectivity index (χ1) is 10.9. The lowest BCUT2D eigenvalue weighted by molar-refractivity contribution is 0.0627. The lowest BCUT2D eigenvalue weighted by atomic mass is 9.87. The van der Waals surface area contributed by atoms with Gasteiger partial charge in [0.15, 0.2) is 5.13 Å². The maximum atomic E-state index is 11.7. The van der Waals surface area contributed by atoms with E-state index in [1.165, 1.54) is 11.3 Å². The second-order valence-corrected chi connectivity index (χ2v) is 7.69. The number of nitrogens with one attached hydrogen (secondary N) is 1. The summed E-state index contributed by atoms with van der Waals surface area (Å²) in [6.07, 6.45) is 8.75. The van der Waals surface area contributed by atoms with Gasteiger partial charge in [0.1, 0.15) is 5.60 Å². The van der Waals surface area contributed by atoms with E-state index in [0.29, 0.717) is 17.2 Å². The summed E-state index contributed by atoms with van der Waals surface area (Å²) in [6, 6.07) is 0. The Balaban J connectivity index is 1.83. The largest absolute Gasteiger partial charge is 0.444 e. The molecule has 1 amide bonds. The number of rotatable bonds is 4. The molecule has 0 aliphatic heterocycles. The highest BCUT2D eigenvalue weighted by Gasteiger charge is 2.19. The Kier molecular flexibility index (Phi) is 6.18. The van der Waals surface area contributed by atoms with Crippen LogP contribution >= 0.6 is 11.3 Å². The molecule has 2 rings (SSSR count). The number of methoxy groups -OCH3 is 1. The molecule has 5 nitrogen and oxygen atoms in total. The molecule has 0 atom stereocenters. The standard InChI is InChI=1S/C17H26N2O3S/c1-17(2,3)22-16(20)19-15-18-13(11-23-15)8-5-12-6-9-14(21-4)10-7-12/h5,8,11-12,14H,6-7,9-10H2,1-4H3,(H,18,19,20). The van der Waals surface area contributed by atoms with E-state index in [1.54, 1.807) is 7.11 Å². The third-order valence-corrected chi connectivity index (χ3v) is 4.50. The molecule has 1 saturated carbocycles. The molecule has 1 fully saturated rings. The number of carbonyl (C=O) groups excluding carboxylic acids is 1. The van der Waals surface area contributed by atoms with Crippen LogP contribution in [-0.4, -0.2) is 29.9 Å². The van der Waals surface area contributed by atoms with Crippen LogP contribution in [-0.2, 0) is 9.47 Å². The number of ether oxygens (including phenoxy) is 2. The zero-order valence-corrected chi connectivity index (χ0v) is 15.1. The molecule has 0 aromatic carbocycles. The van der Waals surface area contributed by atoms with Gasteiger partial charge in [0.25, 0.3) is 0 Å². The minimum atomic E-state index is -0.509. The normalized spacial score (nSPS) is 22.3. The van der Waals surface area contributed by atoms with Gasteiger partial charge in [-0.1, -0.05) is 6.08 Å². The third kappa shape index (κ3) is 6.31. The number of carbonyl (C=O) groups is 1. The van der Waals surface area contributed by atoms with Gasteiger partial charge in [-0.3, -0.25) is 5.32 Å². The first kappa shape index (κ1) is 17.9. The average molecular weight is 338 g/mol.